The number of thiocarbonyl (C=S) groups is 1. The molecule has 2 aromatic carbocycles. The van der Waals surface area contributed by atoms with E-state index in [9.17, 15) is 0 Å². The molecule has 0 bridgehead atoms. The molecule has 2 aromatic rings. The average Bonchev–Trinajstić information content (AvgIpc) is 2.96. The minimum atomic E-state index is 0.580. The second-order valence-corrected chi connectivity index (χ2v) is 6.49. The van der Waals surface area contributed by atoms with E-state index < -0.39 is 0 Å². The normalized spacial score (nSPS) is 12.0. The van der Waals surface area contributed by atoms with E-state index in [4.69, 9.17) is 12.2 Å². The maximum atomic E-state index is 5.21. The van der Waals surface area contributed by atoms with Crippen LogP contribution in [0.4, 0.5) is 0 Å². The molecule has 0 spiro atoms. The molecule has 4 heteroatoms. The molecule has 0 aliphatic heterocycles. The van der Waals surface area contributed by atoms with Gasteiger partial charge in [-0.25, -0.2) is 0 Å². The topological polar surface area (TPSA) is 36.4 Å². The smallest absolute Gasteiger partial charge is 0.186 e. The van der Waals surface area contributed by atoms with Crippen molar-refractivity contribution < 1.29 is 0 Å². The van der Waals surface area contributed by atoms with Crippen LogP contribution in [0.25, 0.3) is 11.1 Å². The van der Waals surface area contributed by atoms with E-state index >= 15 is 0 Å². The second-order valence-electron chi connectivity index (χ2n) is 6.08. The fourth-order valence-electron chi connectivity index (χ4n) is 3.03. The number of rotatable bonds is 6. The molecule has 0 aromatic heterocycles. The zero-order valence-corrected chi connectivity index (χ0v) is 14.8. The van der Waals surface area contributed by atoms with Crippen molar-refractivity contribution in [1.29, 1.82) is 0 Å². The van der Waals surface area contributed by atoms with Crippen LogP contribution in [0.5, 0.6) is 0 Å². The van der Waals surface area contributed by atoms with Gasteiger partial charge in [-0.15, -0.1) is 0 Å². The van der Waals surface area contributed by atoms with E-state index in [1.165, 1.54) is 35.1 Å². The van der Waals surface area contributed by atoms with E-state index in [-0.39, 0.29) is 0 Å². The SMILES string of the molecule is CCCCCNC(=S)NN=Cc1ccc2c(c1)Cc1ccccc1-2. The minimum Gasteiger partial charge on any atom is -0.361 e. The van der Waals surface area contributed by atoms with Crippen LogP contribution in [-0.2, 0) is 6.42 Å². The Bertz CT molecular complexity index is 752. The monoisotopic (exact) mass is 337 g/mol. The van der Waals surface area contributed by atoms with Crippen LogP contribution < -0.4 is 10.7 Å². The zero-order valence-electron chi connectivity index (χ0n) is 14.0. The highest BCUT2D eigenvalue weighted by Crippen LogP contribution is 2.36. The number of hydrogen-bond donors (Lipinski definition) is 2. The molecule has 2 N–H and O–H groups in total. The molecular formula is C20H23N3S. The molecule has 0 fully saturated rings. The zero-order chi connectivity index (χ0) is 16.8. The molecule has 24 heavy (non-hydrogen) atoms. The van der Waals surface area contributed by atoms with Gasteiger partial charge in [0.2, 0.25) is 0 Å². The van der Waals surface area contributed by atoms with Crippen LogP contribution in [0, 0.1) is 0 Å². The highest BCUT2D eigenvalue weighted by Gasteiger charge is 2.17. The fraction of sp³-hybridized carbons (Fsp3) is 0.300. The molecule has 0 heterocycles. The van der Waals surface area contributed by atoms with Crippen LogP contribution in [0.3, 0.4) is 0 Å². The number of hydrazone groups is 1. The van der Waals surface area contributed by atoms with Crippen molar-refractivity contribution >= 4 is 23.5 Å². The summed E-state index contributed by atoms with van der Waals surface area (Å²) in [7, 11) is 0. The van der Waals surface area contributed by atoms with Gasteiger partial charge in [-0.3, -0.25) is 5.43 Å². The van der Waals surface area contributed by atoms with E-state index in [2.05, 4.69) is 65.2 Å². The highest BCUT2D eigenvalue weighted by molar-refractivity contribution is 7.80. The summed E-state index contributed by atoms with van der Waals surface area (Å²) in [4.78, 5) is 0. The quantitative estimate of drug-likeness (QED) is 0.306. The lowest BCUT2D eigenvalue weighted by Gasteiger charge is -2.06. The summed E-state index contributed by atoms with van der Waals surface area (Å²) in [6.07, 6.45) is 6.38. The number of nitrogens with one attached hydrogen (secondary N) is 2. The largest absolute Gasteiger partial charge is 0.361 e. The van der Waals surface area contributed by atoms with Crippen LogP contribution in [-0.4, -0.2) is 17.9 Å². The Morgan fingerprint density at radius 2 is 1.96 bits per heavy atom. The molecule has 1 aliphatic rings. The second kappa shape index (κ2) is 8.06. The molecule has 0 unspecified atom stereocenters. The van der Waals surface area contributed by atoms with Crippen molar-refractivity contribution in [2.24, 2.45) is 5.10 Å². The summed E-state index contributed by atoms with van der Waals surface area (Å²) < 4.78 is 0. The van der Waals surface area contributed by atoms with Gasteiger partial charge in [-0.1, -0.05) is 56.2 Å². The molecule has 1 aliphatic carbocycles. The highest BCUT2D eigenvalue weighted by atomic mass is 32.1. The first-order valence-electron chi connectivity index (χ1n) is 8.56. The summed E-state index contributed by atoms with van der Waals surface area (Å²) in [5, 5.41) is 7.98. The fourth-order valence-corrected chi connectivity index (χ4v) is 3.18. The lowest BCUT2D eigenvalue weighted by Crippen LogP contribution is -2.32. The molecule has 0 radical (unpaired) electrons. The predicted molar refractivity (Wildman–Crippen MR) is 106 cm³/mol. The van der Waals surface area contributed by atoms with Gasteiger partial charge in [-0.2, -0.15) is 5.10 Å². The van der Waals surface area contributed by atoms with E-state index in [0.29, 0.717) is 5.11 Å². The van der Waals surface area contributed by atoms with Crippen molar-refractivity contribution in [2.75, 3.05) is 6.54 Å². The minimum absolute atomic E-state index is 0.580. The summed E-state index contributed by atoms with van der Waals surface area (Å²) in [5.74, 6) is 0. The Labute approximate surface area is 149 Å². The Kier molecular flexibility index (Phi) is 5.59. The first kappa shape index (κ1) is 16.7. The number of hydrogen-bond acceptors (Lipinski definition) is 2. The molecule has 0 saturated carbocycles. The lowest BCUT2D eigenvalue weighted by atomic mass is 10.0. The molecular weight excluding hydrogens is 314 g/mol. The maximum absolute atomic E-state index is 5.21. The standard InChI is InChI=1S/C20H23N3S/c1-2-3-6-11-21-20(24)23-22-14-15-9-10-19-17(12-15)13-16-7-4-5-8-18(16)19/h4-5,7-10,12,14H,2-3,6,11,13H2,1H3,(H2,21,23,24). The van der Waals surface area contributed by atoms with Crippen LogP contribution >= 0.6 is 12.2 Å². The number of unbranched alkanes of at least 4 members (excludes halogenated alkanes) is 2. The Morgan fingerprint density at radius 1 is 1.12 bits per heavy atom. The van der Waals surface area contributed by atoms with Gasteiger partial charge in [-0.05, 0) is 58.9 Å². The van der Waals surface area contributed by atoms with Gasteiger partial charge in [0, 0.05) is 6.54 Å². The third kappa shape index (κ3) is 4.01. The van der Waals surface area contributed by atoms with Gasteiger partial charge in [0.25, 0.3) is 0 Å². The third-order valence-electron chi connectivity index (χ3n) is 4.26. The molecule has 0 saturated heterocycles. The lowest BCUT2D eigenvalue weighted by molar-refractivity contribution is 0.691. The van der Waals surface area contributed by atoms with Crippen molar-refractivity contribution in [1.82, 2.24) is 10.7 Å². The first-order valence-corrected chi connectivity index (χ1v) is 8.97. The van der Waals surface area contributed by atoms with Gasteiger partial charge in [0.15, 0.2) is 5.11 Å². The van der Waals surface area contributed by atoms with E-state index in [1.807, 2.05) is 6.21 Å². The van der Waals surface area contributed by atoms with Crippen molar-refractivity contribution in [3.63, 3.8) is 0 Å². The molecule has 0 amide bonds. The third-order valence-corrected chi connectivity index (χ3v) is 4.50. The Morgan fingerprint density at radius 3 is 2.83 bits per heavy atom. The summed E-state index contributed by atoms with van der Waals surface area (Å²) in [6.45, 7) is 3.09. The Hall–Kier alpha value is -2.20. The number of benzene rings is 2. The molecule has 0 atom stereocenters. The summed E-state index contributed by atoms with van der Waals surface area (Å²) in [6, 6.07) is 15.1. The first-order chi connectivity index (χ1) is 11.8. The number of nitrogens with zero attached hydrogens (tertiary/aromatic N) is 1. The predicted octanol–water partition coefficient (Wildman–Crippen LogP) is 4.25. The average molecular weight is 337 g/mol. The Balaban J connectivity index is 1.56. The van der Waals surface area contributed by atoms with Gasteiger partial charge in [0.05, 0.1) is 6.21 Å². The van der Waals surface area contributed by atoms with Gasteiger partial charge in [0.1, 0.15) is 0 Å². The van der Waals surface area contributed by atoms with Gasteiger partial charge >= 0.3 is 0 Å². The van der Waals surface area contributed by atoms with Crippen molar-refractivity contribution in [3.8, 4) is 11.1 Å². The molecule has 3 rings (SSSR count). The molecule has 124 valence electrons. The van der Waals surface area contributed by atoms with Crippen LogP contribution in [0.1, 0.15) is 42.9 Å². The number of fused-ring (bicyclic) bond motifs is 3. The summed E-state index contributed by atoms with van der Waals surface area (Å²) >= 11 is 5.21. The van der Waals surface area contributed by atoms with Crippen molar-refractivity contribution in [3.05, 3.63) is 59.2 Å². The van der Waals surface area contributed by atoms with Crippen molar-refractivity contribution in [2.45, 2.75) is 32.6 Å². The maximum Gasteiger partial charge on any atom is 0.186 e. The van der Waals surface area contributed by atoms with Gasteiger partial charge < -0.3 is 5.32 Å². The summed E-state index contributed by atoms with van der Waals surface area (Å²) in [5.41, 5.74) is 9.42. The molecule has 3 nitrogen and oxygen atoms in total. The van der Waals surface area contributed by atoms with E-state index in [1.54, 1.807) is 0 Å². The van der Waals surface area contributed by atoms with Crippen LogP contribution in [0.15, 0.2) is 47.6 Å². The van der Waals surface area contributed by atoms with E-state index in [0.717, 1.165) is 24.9 Å². The van der Waals surface area contributed by atoms with Crippen LogP contribution in [0.2, 0.25) is 0 Å².